The van der Waals surface area contributed by atoms with E-state index in [2.05, 4.69) is 20.4 Å². The Morgan fingerprint density at radius 3 is 2.67 bits per heavy atom. The van der Waals surface area contributed by atoms with Crippen LogP contribution in [0.15, 0.2) is 34.3 Å². The molecule has 0 bridgehead atoms. The van der Waals surface area contributed by atoms with Crippen molar-refractivity contribution in [2.24, 2.45) is 0 Å². The smallest absolute Gasteiger partial charge is 0.254 e. The molecule has 1 aliphatic heterocycles. The van der Waals surface area contributed by atoms with Gasteiger partial charge >= 0.3 is 0 Å². The fourth-order valence-corrected chi connectivity index (χ4v) is 4.44. The molecule has 1 saturated heterocycles. The fraction of sp³-hybridized carbons (Fsp3) is 0.565. The first-order valence-corrected chi connectivity index (χ1v) is 12.1. The molecule has 0 radical (unpaired) electrons. The lowest BCUT2D eigenvalue weighted by Gasteiger charge is -2.31. The Kier molecular flexibility index (Phi) is 9.31. The van der Waals surface area contributed by atoms with E-state index in [4.69, 9.17) is 28.2 Å². The number of hydrogen-bond acceptors (Lipinski definition) is 10. The highest BCUT2D eigenvalue weighted by Crippen LogP contribution is 2.31. The molecule has 0 aromatic carbocycles. The van der Waals surface area contributed by atoms with Gasteiger partial charge in [-0.1, -0.05) is 0 Å². The largest absolute Gasteiger partial charge is 0.489 e. The Morgan fingerprint density at radius 2 is 1.85 bits per heavy atom. The fourth-order valence-electron chi connectivity index (χ4n) is 3.63. The maximum atomic E-state index is 6.29. The number of fused-ring (bicyclic) bond motifs is 1. The van der Waals surface area contributed by atoms with E-state index in [0.29, 0.717) is 52.1 Å². The predicted octanol–water partition coefficient (Wildman–Crippen LogP) is 3.39. The van der Waals surface area contributed by atoms with Crippen LogP contribution >= 0.6 is 11.3 Å². The minimum absolute atomic E-state index is 0.216. The molecule has 4 heterocycles. The molecule has 9 nitrogen and oxygen atoms in total. The summed E-state index contributed by atoms with van der Waals surface area (Å²) in [7, 11) is 1.65. The van der Waals surface area contributed by atoms with Crippen LogP contribution in [0.25, 0.3) is 10.2 Å². The average molecular weight is 478 g/mol. The Labute approximate surface area is 197 Å². The van der Waals surface area contributed by atoms with E-state index in [1.807, 2.05) is 24.4 Å². The Balaban J connectivity index is 1.11. The second-order valence-corrected chi connectivity index (χ2v) is 8.65. The van der Waals surface area contributed by atoms with Crippen LogP contribution in [0.4, 0.5) is 0 Å². The normalized spacial score (nSPS) is 15.3. The first-order valence-electron chi connectivity index (χ1n) is 11.3. The number of hydrogen-bond donors (Lipinski definition) is 0. The van der Waals surface area contributed by atoms with E-state index in [1.54, 1.807) is 18.4 Å². The van der Waals surface area contributed by atoms with Gasteiger partial charge in [-0.05, 0) is 35.5 Å². The van der Waals surface area contributed by atoms with Gasteiger partial charge in [0.2, 0.25) is 0 Å². The van der Waals surface area contributed by atoms with Crippen molar-refractivity contribution < 1.29 is 28.2 Å². The number of ether oxygens (including phenoxy) is 5. The van der Waals surface area contributed by atoms with Crippen LogP contribution in [0, 0.1) is 0 Å². The average Bonchev–Trinajstić information content (AvgIpc) is 3.49. The molecular weight excluding hydrogens is 446 g/mol. The molecule has 180 valence electrons. The highest BCUT2D eigenvalue weighted by molar-refractivity contribution is 7.17. The molecule has 10 heteroatoms. The van der Waals surface area contributed by atoms with Crippen LogP contribution < -0.4 is 9.47 Å². The lowest BCUT2D eigenvalue weighted by atomic mass is 10.1. The minimum Gasteiger partial charge on any atom is -0.489 e. The molecule has 0 spiro atoms. The first kappa shape index (κ1) is 23.9. The maximum Gasteiger partial charge on any atom is 0.254 e. The molecule has 1 aliphatic rings. The van der Waals surface area contributed by atoms with Crippen LogP contribution in [-0.2, 0) is 20.8 Å². The summed E-state index contributed by atoms with van der Waals surface area (Å²) in [4.78, 5) is 6.73. The van der Waals surface area contributed by atoms with Gasteiger partial charge in [0.05, 0.1) is 49.8 Å². The lowest BCUT2D eigenvalue weighted by molar-refractivity contribution is 0.0174. The summed E-state index contributed by atoms with van der Waals surface area (Å²) >= 11 is 1.67. The second kappa shape index (κ2) is 12.9. The molecule has 0 atom stereocenters. The van der Waals surface area contributed by atoms with E-state index in [0.717, 1.165) is 47.7 Å². The predicted molar refractivity (Wildman–Crippen MR) is 124 cm³/mol. The molecule has 33 heavy (non-hydrogen) atoms. The summed E-state index contributed by atoms with van der Waals surface area (Å²) in [5.41, 5.74) is 0.997. The highest BCUT2D eigenvalue weighted by Gasteiger charge is 2.22. The van der Waals surface area contributed by atoms with Crippen molar-refractivity contribution in [2.45, 2.75) is 25.5 Å². The maximum absolute atomic E-state index is 6.29. The summed E-state index contributed by atoms with van der Waals surface area (Å²) in [6.07, 6.45) is 3.97. The first-order chi connectivity index (χ1) is 16.3. The van der Waals surface area contributed by atoms with Gasteiger partial charge < -0.3 is 28.2 Å². The van der Waals surface area contributed by atoms with Gasteiger partial charge in [0.15, 0.2) is 5.76 Å². The third-order valence-corrected chi connectivity index (χ3v) is 6.25. The molecule has 1 fully saturated rings. The monoisotopic (exact) mass is 477 g/mol. The number of aromatic nitrogens is 2. The number of piperidine rings is 1. The number of methoxy groups -OCH3 is 1. The van der Waals surface area contributed by atoms with Gasteiger partial charge in [0.1, 0.15) is 18.5 Å². The molecule has 0 aliphatic carbocycles. The molecule has 3 aromatic rings. The Morgan fingerprint density at radius 1 is 1.06 bits per heavy atom. The molecule has 0 N–H and O–H groups in total. The van der Waals surface area contributed by atoms with Gasteiger partial charge in [-0.25, -0.2) is 0 Å². The second-order valence-electron chi connectivity index (χ2n) is 7.73. The van der Waals surface area contributed by atoms with Crippen molar-refractivity contribution >= 4 is 21.6 Å². The Hall–Kier alpha value is -2.24. The summed E-state index contributed by atoms with van der Waals surface area (Å²) in [6, 6.07) is 5.84. The van der Waals surface area contributed by atoms with Gasteiger partial charge in [-0.15, -0.1) is 11.3 Å². The van der Waals surface area contributed by atoms with Crippen molar-refractivity contribution in [1.82, 2.24) is 15.0 Å². The van der Waals surface area contributed by atoms with Crippen molar-refractivity contribution in [1.29, 1.82) is 0 Å². The topological polar surface area (TPSA) is 88.3 Å². The standard InChI is InChI=1S/C23H31N3O6S/c1-27-9-10-28-11-12-29-13-14-30-22-16-19(32-25-22)17-26-7-3-18(4-8-26)31-21-2-6-24-20-5-15-33-23(20)21/h2,5-6,15-16,18H,3-4,7-14,17H2,1H3. The zero-order chi connectivity index (χ0) is 22.7. The molecule has 4 rings (SSSR count). The summed E-state index contributed by atoms with van der Waals surface area (Å²) in [5.74, 6) is 2.22. The summed E-state index contributed by atoms with van der Waals surface area (Å²) in [6.45, 7) is 5.72. The van der Waals surface area contributed by atoms with Crippen LogP contribution in [-0.4, -0.2) is 81.0 Å². The molecule has 0 unspecified atom stereocenters. The Bertz CT molecular complexity index is 956. The van der Waals surface area contributed by atoms with E-state index in [1.165, 1.54) is 0 Å². The van der Waals surface area contributed by atoms with E-state index in [9.17, 15) is 0 Å². The third-order valence-electron chi connectivity index (χ3n) is 5.33. The highest BCUT2D eigenvalue weighted by atomic mass is 32.1. The molecular formula is C23H31N3O6S. The van der Waals surface area contributed by atoms with Crippen molar-refractivity contribution in [2.75, 3.05) is 59.8 Å². The van der Waals surface area contributed by atoms with E-state index < -0.39 is 0 Å². The lowest BCUT2D eigenvalue weighted by Crippen LogP contribution is -2.37. The minimum atomic E-state index is 0.216. The number of thiophene rings is 1. The van der Waals surface area contributed by atoms with Gasteiger partial charge in [-0.2, -0.15) is 0 Å². The molecule has 3 aromatic heterocycles. The number of pyridine rings is 1. The van der Waals surface area contributed by atoms with E-state index in [-0.39, 0.29) is 6.10 Å². The molecule has 0 saturated carbocycles. The van der Waals surface area contributed by atoms with Crippen LogP contribution in [0.5, 0.6) is 11.6 Å². The van der Waals surface area contributed by atoms with Crippen LogP contribution in [0.3, 0.4) is 0 Å². The quantitative estimate of drug-likeness (QED) is 0.324. The number of rotatable bonds is 14. The zero-order valence-electron chi connectivity index (χ0n) is 18.9. The van der Waals surface area contributed by atoms with Crippen LogP contribution in [0.2, 0.25) is 0 Å². The zero-order valence-corrected chi connectivity index (χ0v) is 19.8. The molecule has 0 amide bonds. The number of likely N-dealkylation sites (tertiary alicyclic amines) is 1. The summed E-state index contributed by atoms with van der Waals surface area (Å²) < 4.78 is 34.2. The van der Waals surface area contributed by atoms with E-state index >= 15 is 0 Å². The van der Waals surface area contributed by atoms with Crippen molar-refractivity contribution in [3.8, 4) is 11.6 Å². The van der Waals surface area contributed by atoms with Gasteiger partial charge in [0, 0.05) is 32.5 Å². The van der Waals surface area contributed by atoms with Crippen molar-refractivity contribution in [3.05, 3.63) is 35.5 Å². The van der Waals surface area contributed by atoms with Crippen LogP contribution in [0.1, 0.15) is 18.6 Å². The third kappa shape index (κ3) is 7.38. The van der Waals surface area contributed by atoms with Crippen molar-refractivity contribution in [3.63, 3.8) is 0 Å². The van der Waals surface area contributed by atoms with Gasteiger partial charge in [0.25, 0.3) is 5.88 Å². The van der Waals surface area contributed by atoms with Gasteiger partial charge in [-0.3, -0.25) is 9.88 Å². The number of nitrogens with zero attached hydrogens (tertiary/aromatic N) is 3. The summed E-state index contributed by atoms with van der Waals surface area (Å²) in [5, 5.41) is 6.05. The SMILES string of the molecule is COCCOCCOCCOc1cc(CN2CCC(Oc3ccnc4ccsc34)CC2)on1.